The summed E-state index contributed by atoms with van der Waals surface area (Å²) < 4.78 is 0. The van der Waals surface area contributed by atoms with Crippen molar-refractivity contribution in [2.75, 3.05) is 55.7 Å². The van der Waals surface area contributed by atoms with Gasteiger partial charge in [0.25, 0.3) is 0 Å². The lowest BCUT2D eigenvalue weighted by molar-refractivity contribution is 0.0861. The van der Waals surface area contributed by atoms with Gasteiger partial charge in [0, 0.05) is 61.8 Å². The minimum atomic E-state index is 0.855. The van der Waals surface area contributed by atoms with Gasteiger partial charge in [0.1, 0.15) is 0 Å². The summed E-state index contributed by atoms with van der Waals surface area (Å²) in [5.74, 6) is 6.51. The molecule has 0 aromatic heterocycles. The minimum Gasteiger partial charge on any atom is -0.301 e. The molecule has 2 aliphatic heterocycles. The first-order valence-corrected chi connectivity index (χ1v) is 9.84. The topological polar surface area (TPSA) is 6.48 Å². The van der Waals surface area contributed by atoms with Crippen molar-refractivity contribution in [2.45, 2.75) is 25.3 Å². The van der Waals surface area contributed by atoms with Crippen LogP contribution in [0.2, 0.25) is 0 Å². The van der Waals surface area contributed by atoms with Crippen LogP contribution in [-0.4, -0.2) is 71.6 Å². The summed E-state index contributed by atoms with van der Waals surface area (Å²) in [6, 6.07) is 0.855. The van der Waals surface area contributed by atoms with Crippen LogP contribution in [0.4, 0.5) is 0 Å². The first-order chi connectivity index (χ1) is 8.92. The van der Waals surface area contributed by atoms with Crippen LogP contribution >= 0.6 is 23.5 Å². The summed E-state index contributed by atoms with van der Waals surface area (Å²) in [5, 5.41) is 0. The molecule has 18 heavy (non-hydrogen) atoms. The zero-order valence-corrected chi connectivity index (χ0v) is 13.0. The molecule has 1 saturated carbocycles. The van der Waals surface area contributed by atoms with Crippen LogP contribution < -0.4 is 0 Å². The van der Waals surface area contributed by atoms with Gasteiger partial charge in [0.05, 0.1) is 0 Å². The van der Waals surface area contributed by atoms with Crippen LogP contribution in [0.15, 0.2) is 0 Å². The SMILES string of the molecule is C1CC(CN2CCN(C3CSCCSC3)CC2)C1. The number of rotatable bonds is 3. The lowest BCUT2D eigenvalue weighted by Crippen LogP contribution is -2.52. The Hall–Kier alpha value is 0.620. The zero-order chi connectivity index (χ0) is 12.2. The number of nitrogens with zero attached hydrogens (tertiary/aromatic N) is 2. The maximum atomic E-state index is 2.77. The molecule has 2 heterocycles. The summed E-state index contributed by atoms with van der Waals surface area (Å²) in [7, 11) is 0. The first-order valence-electron chi connectivity index (χ1n) is 7.54. The van der Waals surface area contributed by atoms with E-state index < -0.39 is 0 Å². The van der Waals surface area contributed by atoms with Gasteiger partial charge in [-0.15, -0.1) is 0 Å². The predicted molar refractivity (Wildman–Crippen MR) is 83.8 cm³/mol. The minimum absolute atomic E-state index is 0.855. The Labute approximate surface area is 120 Å². The average Bonchev–Trinajstić information content (AvgIpc) is 2.63. The van der Waals surface area contributed by atoms with Crippen LogP contribution in [0.3, 0.4) is 0 Å². The highest BCUT2D eigenvalue weighted by molar-refractivity contribution is 8.03. The molecule has 0 aromatic rings. The van der Waals surface area contributed by atoms with Gasteiger partial charge in [0.15, 0.2) is 0 Å². The Kier molecular flexibility index (Phi) is 5.19. The van der Waals surface area contributed by atoms with Crippen molar-refractivity contribution in [1.29, 1.82) is 0 Å². The van der Waals surface area contributed by atoms with Crippen LogP contribution in [-0.2, 0) is 0 Å². The van der Waals surface area contributed by atoms with Gasteiger partial charge in [-0.25, -0.2) is 0 Å². The maximum Gasteiger partial charge on any atom is 0.0278 e. The van der Waals surface area contributed by atoms with Gasteiger partial charge >= 0.3 is 0 Å². The molecule has 3 aliphatic rings. The van der Waals surface area contributed by atoms with Crippen molar-refractivity contribution >= 4 is 23.5 Å². The van der Waals surface area contributed by atoms with E-state index in [0.717, 1.165) is 12.0 Å². The summed E-state index contributed by atoms with van der Waals surface area (Å²) in [4.78, 5) is 5.49. The van der Waals surface area contributed by atoms with Crippen LogP contribution in [0.5, 0.6) is 0 Å². The van der Waals surface area contributed by atoms with E-state index >= 15 is 0 Å². The molecule has 0 N–H and O–H groups in total. The van der Waals surface area contributed by atoms with Gasteiger partial charge in [0.2, 0.25) is 0 Å². The Morgan fingerprint density at radius 2 is 1.56 bits per heavy atom. The van der Waals surface area contributed by atoms with Gasteiger partial charge in [-0.3, -0.25) is 4.90 Å². The Balaban J connectivity index is 1.41. The molecular formula is C14H26N2S2. The van der Waals surface area contributed by atoms with Crippen molar-refractivity contribution in [3.63, 3.8) is 0 Å². The number of hydrogen-bond acceptors (Lipinski definition) is 4. The second kappa shape index (κ2) is 6.87. The molecule has 0 radical (unpaired) electrons. The highest BCUT2D eigenvalue weighted by Crippen LogP contribution is 2.28. The smallest absolute Gasteiger partial charge is 0.0278 e. The summed E-state index contributed by atoms with van der Waals surface area (Å²) >= 11 is 4.33. The Bertz CT molecular complexity index is 242. The molecule has 0 spiro atoms. The van der Waals surface area contributed by atoms with Crippen molar-refractivity contribution in [1.82, 2.24) is 9.80 Å². The van der Waals surface area contributed by atoms with E-state index in [1.807, 2.05) is 0 Å². The predicted octanol–water partition coefficient (Wildman–Crippen LogP) is 2.25. The standard InChI is InChI=1S/C14H26N2S2/c1-2-13(3-1)10-15-4-6-16(7-5-15)14-11-17-8-9-18-12-14/h13-14H,1-12H2. The molecule has 2 saturated heterocycles. The molecule has 3 fully saturated rings. The quantitative estimate of drug-likeness (QED) is 0.785. The van der Waals surface area contributed by atoms with Crippen LogP contribution in [0.25, 0.3) is 0 Å². The molecule has 3 rings (SSSR count). The molecule has 0 amide bonds. The molecule has 1 aliphatic carbocycles. The highest BCUT2D eigenvalue weighted by Gasteiger charge is 2.27. The summed E-state index contributed by atoms with van der Waals surface area (Å²) in [6.07, 6.45) is 4.48. The van der Waals surface area contributed by atoms with E-state index in [2.05, 4.69) is 33.3 Å². The molecule has 104 valence electrons. The molecule has 2 nitrogen and oxygen atoms in total. The number of piperazine rings is 1. The molecule has 0 aromatic carbocycles. The summed E-state index contributed by atoms with van der Waals surface area (Å²) in [6.45, 7) is 6.67. The molecule has 0 atom stereocenters. The lowest BCUT2D eigenvalue weighted by atomic mass is 9.85. The Morgan fingerprint density at radius 3 is 2.11 bits per heavy atom. The van der Waals surface area contributed by atoms with Crippen LogP contribution in [0.1, 0.15) is 19.3 Å². The third-order valence-corrected chi connectivity index (χ3v) is 7.14. The van der Waals surface area contributed by atoms with Crippen molar-refractivity contribution in [3.8, 4) is 0 Å². The van der Waals surface area contributed by atoms with E-state index in [4.69, 9.17) is 0 Å². The Morgan fingerprint density at radius 1 is 0.889 bits per heavy atom. The zero-order valence-electron chi connectivity index (χ0n) is 11.4. The second-order valence-electron chi connectivity index (χ2n) is 5.94. The number of hydrogen-bond donors (Lipinski definition) is 0. The number of thioether (sulfide) groups is 2. The van der Waals surface area contributed by atoms with Crippen LogP contribution in [0, 0.1) is 5.92 Å². The first kappa shape index (κ1) is 13.6. The molecule has 0 unspecified atom stereocenters. The van der Waals surface area contributed by atoms with Crippen molar-refractivity contribution in [3.05, 3.63) is 0 Å². The largest absolute Gasteiger partial charge is 0.301 e. The van der Waals surface area contributed by atoms with Gasteiger partial charge in [-0.2, -0.15) is 23.5 Å². The lowest BCUT2D eigenvalue weighted by Gasteiger charge is -2.41. The fraction of sp³-hybridized carbons (Fsp3) is 1.00. The van der Waals surface area contributed by atoms with E-state index in [9.17, 15) is 0 Å². The van der Waals surface area contributed by atoms with E-state index in [0.29, 0.717) is 0 Å². The second-order valence-corrected chi connectivity index (χ2v) is 8.24. The summed E-state index contributed by atoms with van der Waals surface area (Å²) in [5.41, 5.74) is 0. The van der Waals surface area contributed by atoms with Gasteiger partial charge in [-0.05, 0) is 18.8 Å². The highest BCUT2D eigenvalue weighted by atomic mass is 32.2. The van der Waals surface area contributed by atoms with E-state index in [1.165, 1.54) is 75.0 Å². The average molecular weight is 287 g/mol. The van der Waals surface area contributed by atoms with Crippen molar-refractivity contribution in [2.24, 2.45) is 5.92 Å². The monoisotopic (exact) mass is 286 g/mol. The van der Waals surface area contributed by atoms with Crippen molar-refractivity contribution < 1.29 is 0 Å². The molecule has 4 heteroatoms. The van der Waals surface area contributed by atoms with Gasteiger partial charge in [-0.1, -0.05) is 6.42 Å². The third-order valence-electron chi connectivity index (χ3n) is 4.66. The third kappa shape index (κ3) is 3.59. The maximum absolute atomic E-state index is 2.77. The van der Waals surface area contributed by atoms with Gasteiger partial charge < -0.3 is 4.90 Å². The normalized spacial score (nSPS) is 30.0. The van der Waals surface area contributed by atoms with E-state index in [-0.39, 0.29) is 0 Å². The fourth-order valence-corrected chi connectivity index (χ4v) is 5.79. The van der Waals surface area contributed by atoms with E-state index in [1.54, 1.807) is 0 Å². The molecule has 0 bridgehead atoms. The molecular weight excluding hydrogens is 260 g/mol. The fourth-order valence-electron chi connectivity index (χ4n) is 3.17.